The molecule has 0 saturated carbocycles. The van der Waals surface area contributed by atoms with Crippen LogP contribution in [0.15, 0.2) is 36.4 Å². The summed E-state index contributed by atoms with van der Waals surface area (Å²) in [5, 5.41) is 2.35. The normalized spacial score (nSPS) is 12.5. The highest BCUT2D eigenvalue weighted by Gasteiger charge is 2.11. The van der Waals surface area contributed by atoms with E-state index in [1.807, 2.05) is 18.2 Å². The molecule has 0 aliphatic rings. The molecule has 0 bridgehead atoms. The number of rotatable bonds is 3. The third-order valence-electron chi connectivity index (χ3n) is 2.77. The third kappa shape index (κ3) is 4.01. The zero-order valence-electron chi connectivity index (χ0n) is 9.84. The van der Waals surface area contributed by atoms with E-state index in [0.29, 0.717) is 26.5 Å². The molecule has 2 aromatic rings. The van der Waals surface area contributed by atoms with Gasteiger partial charge in [0.15, 0.2) is 0 Å². The Morgan fingerprint density at radius 3 is 2.05 bits per heavy atom. The minimum Gasteiger partial charge on any atom is -0.324 e. The number of hydrogen-bond acceptors (Lipinski definition) is 1. The molecule has 100 valence electrons. The Hall–Kier alpha value is -0.440. The van der Waals surface area contributed by atoms with Crippen LogP contribution in [0.5, 0.6) is 0 Å². The minimum absolute atomic E-state index is 0.227. The molecule has 0 spiro atoms. The summed E-state index contributed by atoms with van der Waals surface area (Å²) >= 11 is 23.9. The van der Waals surface area contributed by atoms with E-state index in [4.69, 9.17) is 52.1 Å². The van der Waals surface area contributed by atoms with E-state index in [-0.39, 0.29) is 6.04 Å². The topological polar surface area (TPSA) is 26.0 Å². The van der Waals surface area contributed by atoms with Gasteiger partial charge in [0, 0.05) is 26.1 Å². The Kier molecular flexibility index (Phi) is 4.99. The molecule has 0 radical (unpaired) electrons. The summed E-state index contributed by atoms with van der Waals surface area (Å²) in [5.41, 5.74) is 7.98. The first-order chi connectivity index (χ1) is 8.95. The predicted octanol–water partition coefficient (Wildman–Crippen LogP) is 5.54. The van der Waals surface area contributed by atoms with Gasteiger partial charge in [-0.25, -0.2) is 0 Å². The fourth-order valence-electron chi connectivity index (χ4n) is 1.83. The van der Waals surface area contributed by atoms with Crippen molar-refractivity contribution in [3.05, 3.63) is 67.6 Å². The molecule has 0 heterocycles. The maximum atomic E-state index is 6.16. The smallest absolute Gasteiger partial charge is 0.0453 e. The molecular formula is C14H11Cl4N. The molecule has 0 aliphatic heterocycles. The molecule has 0 aliphatic carbocycles. The van der Waals surface area contributed by atoms with Gasteiger partial charge < -0.3 is 5.73 Å². The van der Waals surface area contributed by atoms with Crippen LogP contribution in [-0.4, -0.2) is 0 Å². The molecule has 0 saturated heterocycles. The standard InChI is InChI=1S/C14H11Cl4N/c15-10-2-1-8(13(18)7-10)5-14(19)9-3-11(16)6-12(17)4-9/h1-4,6-7,14H,5,19H2. The van der Waals surface area contributed by atoms with Crippen LogP contribution in [0, 0.1) is 0 Å². The molecule has 0 amide bonds. The van der Waals surface area contributed by atoms with Gasteiger partial charge in [-0.05, 0) is 47.9 Å². The van der Waals surface area contributed by atoms with Gasteiger partial charge in [0.1, 0.15) is 0 Å². The van der Waals surface area contributed by atoms with Crippen LogP contribution in [0.4, 0.5) is 0 Å². The zero-order valence-corrected chi connectivity index (χ0v) is 12.9. The van der Waals surface area contributed by atoms with Crippen molar-refractivity contribution in [3.63, 3.8) is 0 Å². The largest absolute Gasteiger partial charge is 0.324 e. The maximum absolute atomic E-state index is 6.16. The molecule has 0 fully saturated rings. The Balaban J connectivity index is 2.22. The van der Waals surface area contributed by atoms with Crippen LogP contribution in [0.1, 0.15) is 17.2 Å². The van der Waals surface area contributed by atoms with Crippen molar-refractivity contribution in [3.8, 4) is 0 Å². The van der Waals surface area contributed by atoms with Gasteiger partial charge in [-0.2, -0.15) is 0 Å². The van der Waals surface area contributed by atoms with Crippen molar-refractivity contribution in [2.45, 2.75) is 12.5 Å². The van der Waals surface area contributed by atoms with Gasteiger partial charge in [-0.1, -0.05) is 52.5 Å². The highest BCUT2D eigenvalue weighted by molar-refractivity contribution is 6.35. The second-order valence-corrected chi connectivity index (χ2v) is 5.97. The molecule has 1 unspecified atom stereocenters. The van der Waals surface area contributed by atoms with E-state index < -0.39 is 0 Å². The van der Waals surface area contributed by atoms with Gasteiger partial charge in [0.05, 0.1) is 0 Å². The average molecular weight is 335 g/mol. The summed E-state index contributed by atoms with van der Waals surface area (Å²) in [6.07, 6.45) is 0.590. The molecule has 19 heavy (non-hydrogen) atoms. The van der Waals surface area contributed by atoms with Crippen LogP contribution in [0.2, 0.25) is 20.1 Å². The van der Waals surface area contributed by atoms with Gasteiger partial charge in [0.2, 0.25) is 0 Å². The lowest BCUT2D eigenvalue weighted by Crippen LogP contribution is -2.13. The lowest BCUT2D eigenvalue weighted by atomic mass is 10.00. The highest BCUT2D eigenvalue weighted by Crippen LogP contribution is 2.28. The molecule has 5 heteroatoms. The van der Waals surface area contributed by atoms with Crippen LogP contribution >= 0.6 is 46.4 Å². The first-order valence-corrected chi connectivity index (χ1v) is 7.12. The second kappa shape index (κ2) is 6.34. The van der Waals surface area contributed by atoms with Crippen LogP contribution in [0.25, 0.3) is 0 Å². The van der Waals surface area contributed by atoms with E-state index in [9.17, 15) is 0 Å². The Morgan fingerprint density at radius 2 is 1.47 bits per heavy atom. The van der Waals surface area contributed by atoms with Gasteiger partial charge >= 0.3 is 0 Å². The molecule has 2 aromatic carbocycles. The first kappa shape index (κ1) is 15.0. The van der Waals surface area contributed by atoms with E-state index in [1.54, 1.807) is 18.2 Å². The summed E-state index contributed by atoms with van der Waals surface area (Å²) in [4.78, 5) is 0. The lowest BCUT2D eigenvalue weighted by Gasteiger charge is -2.14. The zero-order chi connectivity index (χ0) is 14.0. The van der Waals surface area contributed by atoms with Crippen molar-refractivity contribution < 1.29 is 0 Å². The van der Waals surface area contributed by atoms with Crippen molar-refractivity contribution in [2.75, 3.05) is 0 Å². The number of halogens is 4. The Bertz CT molecular complexity index is 578. The number of benzene rings is 2. The second-order valence-electron chi connectivity index (χ2n) is 4.25. The molecule has 2 rings (SSSR count). The fraction of sp³-hybridized carbons (Fsp3) is 0.143. The summed E-state index contributed by atoms with van der Waals surface area (Å²) in [7, 11) is 0. The number of hydrogen-bond donors (Lipinski definition) is 1. The van der Waals surface area contributed by atoms with E-state index >= 15 is 0 Å². The first-order valence-electron chi connectivity index (χ1n) is 5.61. The summed E-state index contributed by atoms with van der Waals surface area (Å²) in [6, 6.07) is 10.4. The molecule has 1 nitrogen and oxygen atoms in total. The summed E-state index contributed by atoms with van der Waals surface area (Å²) < 4.78 is 0. The minimum atomic E-state index is -0.227. The quantitative estimate of drug-likeness (QED) is 0.783. The van der Waals surface area contributed by atoms with Crippen LogP contribution < -0.4 is 5.73 Å². The van der Waals surface area contributed by atoms with Gasteiger partial charge in [-0.15, -0.1) is 0 Å². The monoisotopic (exact) mass is 333 g/mol. The predicted molar refractivity (Wildman–Crippen MR) is 83.6 cm³/mol. The van der Waals surface area contributed by atoms with E-state index in [0.717, 1.165) is 11.1 Å². The fourth-order valence-corrected chi connectivity index (χ4v) is 2.86. The van der Waals surface area contributed by atoms with E-state index in [2.05, 4.69) is 0 Å². The average Bonchev–Trinajstić information content (AvgIpc) is 2.31. The lowest BCUT2D eigenvalue weighted by molar-refractivity contribution is 0.722. The SMILES string of the molecule is NC(Cc1ccc(Cl)cc1Cl)c1cc(Cl)cc(Cl)c1. The van der Waals surface area contributed by atoms with Crippen molar-refractivity contribution >= 4 is 46.4 Å². The van der Waals surface area contributed by atoms with Crippen LogP contribution in [-0.2, 0) is 6.42 Å². The third-order valence-corrected chi connectivity index (χ3v) is 3.79. The van der Waals surface area contributed by atoms with Crippen molar-refractivity contribution in [2.24, 2.45) is 5.73 Å². The van der Waals surface area contributed by atoms with Crippen LogP contribution in [0.3, 0.4) is 0 Å². The maximum Gasteiger partial charge on any atom is 0.0453 e. The molecular weight excluding hydrogens is 324 g/mol. The Labute approximate surface area is 132 Å². The highest BCUT2D eigenvalue weighted by atomic mass is 35.5. The Morgan fingerprint density at radius 1 is 0.842 bits per heavy atom. The molecule has 2 N–H and O–H groups in total. The van der Waals surface area contributed by atoms with Gasteiger partial charge in [-0.3, -0.25) is 0 Å². The van der Waals surface area contributed by atoms with Gasteiger partial charge in [0.25, 0.3) is 0 Å². The van der Waals surface area contributed by atoms with Crippen molar-refractivity contribution in [1.82, 2.24) is 0 Å². The molecule has 0 aromatic heterocycles. The summed E-state index contributed by atoms with van der Waals surface area (Å²) in [6.45, 7) is 0. The van der Waals surface area contributed by atoms with Crippen molar-refractivity contribution in [1.29, 1.82) is 0 Å². The van der Waals surface area contributed by atoms with E-state index in [1.165, 1.54) is 0 Å². The number of nitrogens with two attached hydrogens (primary N) is 1. The molecule has 1 atom stereocenters. The summed E-state index contributed by atoms with van der Waals surface area (Å²) in [5.74, 6) is 0.